The first-order valence-corrected chi connectivity index (χ1v) is 10.8. The van der Waals surface area contributed by atoms with Gasteiger partial charge in [-0.3, -0.25) is 4.79 Å². The van der Waals surface area contributed by atoms with Crippen LogP contribution in [0.4, 0.5) is 9.52 Å². The fraction of sp³-hybridized carbons (Fsp3) is 0.409. The van der Waals surface area contributed by atoms with E-state index in [0.29, 0.717) is 22.9 Å². The van der Waals surface area contributed by atoms with E-state index < -0.39 is 11.8 Å². The number of nitrogens with zero attached hydrogens (tertiary/aromatic N) is 2. The highest BCUT2D eigenvalue weighted by atomic mass is 32.1. The average Bonchev–Trinajstić information content (AvgIpc) is 3.08. The van der Waals surface area contributed by atoms with Gasteiger partial charge in [0.25, 0.3) is 0 Å². The van der Waals surface area contributed by atoms with Crippen molar-refractivity contribution < 1.29 is 23.5 Å². The molecule has 2 rings (SSSR count). The third kappa shape index (κ3) is 8.10. The largest absolute Gasteiger partial charge is 0.491 e. The van der Waals surface area contributed by atoms with Crippen LogP contribution < -0.4 is 10.1 Å². The van der Waals surface area contributed by atoms with Gasteiger partial charge in [0.2, 0.25) is 5.91 Å². The molecule has 0 unspecified atom stereocenters. The molecule has 168 valence electrons. The molecule has 0 saturated heterocycles. The monoisotopic (exact) mass is 449 g/mol. The summed E-state index contributed by atoms with van der Waals surface area (Å²) in [6, 6.07) is 4.84. The van der Waals surface area contributed by atoms with E-state index in [1.54, 1.807) is 19.1 Å². The minimum Gasteiger partial charge on any atom is -0.491 e. The molecule has 1 aromatic heterocycles. The van der Waals surface area contributed by atoms with Crippen LogP contribution in [0, 0.1) is 5.82 Å². The number of carbonyl (C=O) groups excluding carboxylic acids is 2. The molecule has 0 aliphatic rings. The topological polar surface area (TPSA) is 80.8 Å². The molecule has 0 fully saturated rings. The van der Waals surface area contributed by atoms with Gasteiger partial charge in [0.15, 0.2) is 22.4 Å². The van der Waals surface area contributed by atoms with Gasteiger partial charge in [-0.25, -0.2) is 14.2 Å². The number of halogens is 1. The number of aromatic nitrogens is 1. The van der Waals surface area contributed by atoms with E-state index in [0.717, 1.165) is 12.1 Å². The molecule has 9 heteroatoms. The number of thiazole rings is 1. The van der Waals surface area contributed by atoms with Crippen molar-refractivity contribution in [3.05, 3.63) is 46.2 Å². The summed E-state index contributed by atoms with van der Waals surface area (Å²) in [7, 11) is 3.93. The zero-order chi connectivity index (χ0) is 22.8. The zero-order valence-electron chi connectivity index (χ0n) is 18.2. The van der Waals surface area contributed by atoms with Gasteiger partial charge in [-0.05, 0) is 51.6 Å². The lowest BCUT2D eigenvalue weighted by Gasteiger charge is -2.08. The first kappa shape index (κ1) is 24.5. The number of hydrogen-bond donors (Lipinski definition) is 1. The van der Waals surface area contributed by atoms with E-state index in [2.05, 4.69) is 10.3 Å². The summed E-state index contributed by atoms with van der Waals surface area (Å²) in [5, 5.41) is 2.93. The molecule has 0 spiro atoms. The number of anilines is 1. The second kappa shape index (κ2) is 12.2. The Kier molecular flexibility index (Phi) is 9.61. The predicted molar refractivity (Wildman–Crippen MR) is 120 cm³/mol. The number of esters is 1. The molecule has 1 aromatic carbocycles. The quantitative estimate of drug-likeness (QED) is 0.413. The molecule has 2 aromatic rings. The highest BCUT2D eigenvalue weighted by Crippen LogP contribution is 2.26. The summed E-state index contributed by atoms with van der Waals surface area (Å²) in [6.07, 6.45) is 4.84. The molecule has 7 nitrogen and oxygen atoms in total. The lowest BCUT2D eigenvalue weighted by atomic mass is 10.2. The Morgan fingerprint density at radius 1 is 1.32 bits per heavy atom. The summed E-state index contributed by atoms with van der Waals surface area (Å²) in [5.74, 6) is -1.05. The van der Waals surface area contributed by atoms with Gasteiger partial charge in [-0.15, -0.1) is 11.3 Å². The number of aryl methyl sites for hydroxylation is 1. The van der Waals surface area contributed by atoms with Gasteiger partial charge in [0.1, 0.15) is 0 Å². The van der Waals surface area contributed by atoms with Gasteiger partial charge in [0.05, 0.1) is 13.2 Å². The van der Waals surface area contributed by atoms with Crippen LogP contribution in [0.3, 0.4) is 0 Å². The highest BCUT2D eigenvalue weighted by Gasteiger charge is 2.19. The van der Waals surface area contributed by atoms with Crippen molar-refractivity contribution in [2.75, 3.05) is 39.2 Å². The highest BCUT2D eigenvalue weighted by molar-refractivity contribution is 7.16. The van der Waals surface area contributed by atoms with Crippen molar-refractivity contribution in [1.29, 1.82) is 0 Å². The maximum absolute atomic E-state index is 14.3. The third-order valence-electron chi connectivity index (χ3n) is 3.99. The molecule has 0 radical (unpaired) electrons. The summed E-state index contributed by atoms with van der Waals surface area (Å²) < 4.78 is 24.9. The molecule has 31 heavy (non-hydrogen) atoms. The Morgan fingerprint density at radius 3 is 2.74 bits per heavy atom. The first-order valence-electron chi connectivity index (χ1n) is 9.98. The Hall–Kier alpha value is -2.78. The predicted octanol–water partition coefficient (Wildman–Crippen LogP) is 4.00. The molecule has 1 amide bonds. The van der Waals surface area contributed by atoms with Gasteiger partial charge in [-0.1, -0.05) is 18.2 Å². The van der Waals surface area contributed by atoms with Gasteiger partial charge < -0.3 is 19.7 Å². The molecule has 0 aliphatic heterocycles. The van der Waals surface area contributed by atoms with Crippen LogP contribution in [0.15, 0.2) is 24.3 Å². The number of nitrogens with one attached hydrogen (secondary N) is 1. The molecule has 0 atom stereocenters. The molecule has 1 heterocycles. The van der Waals surface area contributed by atoms with Crippen molar-refractivity contribution >= 4 is 34.4 Å². The van der Waals surface area contributed by atoms with Crippen molar-refractivity contribution in [3.8, 4) is 5.75 Å². The molecule has 0 aliphatic carbocycles. The number of likely N-dealkylation sites (N-methyl/N-ethyl adjacent to an activating group) is 1. The average molecular weight is 450 g/mol. The number of hydrogen-bond acceptors (Lipinski definition) is 7. The van der Waals surface area contributed by atoms with Gasteiger partial charge in [0, 0.05) is 18.3 Å². The number of carbonyl (C=O) groups is 2. The van der Waals surface area contributed by atoms with Crippen molar-refractivity contribution in [2.24, 2.45) is 0 Å². The van der Waals surface area contributed by atoms with Crippen LogP contribution in [-0.4, -0.2) is 55.6 Å². The van der Waals surface area contributed by atoms with Crippen LogP contribution >= 0.6 is 11.3 Å². The SMILES string of the molecule is CCOC(=O)c1nc(NC(C)=O)sc1CCCOc1ccc(/C=C/CN(C)C)cc1F. The lowest BCUT2D eigenvalue weighted by molar-refractivity contribution is -0.114. The van der Waals surface area contributed by atoms with Gasteiger partial charge in [-0.2, -0.15) is 0 Å². The number of amides is 1. The fourth-order valence-corrected chi connectivity index (χ4v) is 3.67. The Balaban J connectivity index is 1.94. The smallest absolute Gasteiger partial charge is 0.358 e. The summed E-state index contributed by atoms with van der Waals surface area (Å²) in [6.45, 7) is 4.35. The van der Waals surface area contributed by atoms with E-state index in [9.17, 15) is 14.0 Å². The van der Waals surface area contributed by atoms with E-state index in [-0.39, 0.29) is 30.6 Å². The second-order valence-corrected chi connectivity index (χ2v) is 8.08. The van der Waals surface area contributed by atoms with Crippen molar-refractivity contribution in [3.63, 3.8) is 0 Å². The minimum absolute atomic E-state index is 0.179. The molecular formula is C22H28FN3O4S. The summed E-state index contributed by atoms with van der Waals surface area (Å²) >= 11 is 1.22. The van der Waals surface area contributed by atoms with E-state index >= 15 is 0 Å². The lowest BCUT2D eigenvalue weighted by Crippen LogP contribution is -2.10. The molecule has 1 N–H and O–H groups in total. The second-order valence-electron chi connectivity index (χ2n) is 7.00. The normalized spacial score (nSPS) is 11.2. The van der Waals surface area contributed by atoms with Gasteiger partial charge >= 0.3 is 5.97 Å². The Labute approximate surface area is 185 Å². The van der Waals surface area contributed by atoms with Crippen molar-refractivity contribution in [1.82, 2.24) is 9.88 Å². The Bertz CT molecular complexity index is 927. The third-order valence-corrected chi connectivity index (χ3v) is 5.02. The molecular weight excluding hydrogens is 421 g/mol. The van der Waals surface area contributed by atoms with Crippen LogP contribution in [0.1, 0.15) is 41.2 Å². The number of benzene rings is 1. The maximum atomic E-state index is 14.3. The van der Waals surface area contributed by atoms with Crippen LogP contribution in [0.25, 0.3) is 6.08 Å². The van der Waals surface area contributed by atoms with Crippen molar-refractivity contribution in [2.45, 2.75) is 26.7 Å². The standard InChI is InChI=1S/C22H28FN3O4S/c1-5-29-21(28)20-19(31-22(25-20)24-15(2)27)9-7-13-30-18-11-10-16(14-17(18)23)8-6-12-26(3)4/h6,8,10-11,14H,5,7,9,12-13H2,1-4H3,(H,24,25,27)/b8-6+. The number of ether oxygens (including phenoxy) is 2. The number of rotatable bonds is 11. The fourth-order valence-electron chi connectivity index (χ4n) is 2.64. The van der Waals surface area contributed by atoms with Crippen LogP contribution in [0.2, 0.25) is 0 Å². The summed E-state index contributed by atoms with van der Waals surface area (Å²) in [5.41, 5.74) is 0.955. The van der Waals surface area contributed by atoms with E-state index in [1.807, 2.05) is 31.1 Å². The molecule has 0 saturated carbocycles. The van der Waals surface area contributed by atoms with E-state index in [1.165, 1.54) is 24.3 Å². The van der Waals surface area contributed by atoms with Crippen LogP contribution in [0.5, 0.6) is 5.75 Å². The maximum Gasteiger partial charge on any atom is 0.358 e. The molecule has 0 bridgehead atoms. The minimum atomic E-state index is -0.532. The summed E-state index contributed by atoms with van der Waals surface area (Å²) in [4.78, 5) is 30.3. The first-order chi connectivity index (χ1) is 14.8. The van der Waals surface area contributed by atoms with E-state index in [4.69, 9.17) is 9.47 Å². The zero-order valence-corrected chi connectivity index (χ0v) is 19.1. The Morgan fingerprint density at radius 2 is 2.10 bits per heavy atom. The van der Waals surface area contributed by atoms with Crippen LogP contribution in [-0.2, 0) is 16.0 Å².